The van der Waals surface area contributed by atoms with Gasteiger partial charge in [0.25, 0.3) is 0 Å². The molecule has 0 aliphatic carbocycles. The van der Waals surface area contributed by atoms with Gasteiger partial charge in [-0.2, -0.15) is 5.26 Å². The van der Waals surface area contributed by atoms with Gasteiger partial charge in [-0.25, -0.2) is 4.98 Å². The van der Waals surface area contributed by atoms with Crippen LogP contribution in [0.25, 0.3) is 0 Å². The van der Waals surface area contributed by atoms with E-state index in [9.17, 15) is 0 Å². The summed E-state index contributed by atoms with van der Waals surface area (Å²) in [5.41, 5.74) is 2.02. The first-order valence-corrected chi connectivity index (χ1v) is 7.84. The molecule has 0 radical (unpaired) electrons. The van der Waals surface area contributed by atoms with Crippen molar-refractivity contribution in [1.82, 2.24) is 9.88 Å². The van der Waals surface area contributed by atoms with E-state index < -0.39 is 0 Å². The highest BCUT2D eigenvalue weighted by molar-refractivity contribution is 7.09. The summed E-state index contributed by atoms with van der Waals surface area (Å²) in [6.45, 7) is 3.24. The van der Waals surface area contributed by atoms with Gasteiger partial charge in [-0.05, 0) is 43.6 Å². The maximum atomic E-state index is 8.80. The maximum Gasteiger partial charge on any atom is 0.0991 e. The Balaban J connectivity index is 1.54. The van der Waals surface area contributed by atoms with Crippen LogP contribution in [0.4, 0.5) is 0 Å². The molecule has 0 N–H and O–H groups in total. The lowest BCUT2D eigenvalue weighted by atomic mass is 9.97. The Morgan fingerprint density at radius 3 is 2.60 bits per heavy atom. The molecule has 0 unspecified atom stereocenters. The Kier molecular flexibility index (Phi) is 4.10. The van der Waals surface area contributed by atoms with Crippen molar-refractivity contribution in [2.75, 3.05) is 13.1 Å². The summed E-state index contributed by atoms with van der Waals surface area (Å²) in [5, 5.41) is 12.2. The lowest BCUT2D eigenvalue weighted by Crippen LogP contribution is -2.32. The molecule has 0 amide bonds. The van der Waals surface area contributed by atoms with Crippen molar-refractivity contribution in [3.05, 3.63) is 52.0 Å². The molecule has 1 aromatic carbocycles. The minimum atomic E-state index is 0.646. The first-order valence-electron chi connectivity index (χ1n) is 6.96. The molecule has 4 heteroatoms. The summed E-state index contributed by atoms with van der Waals surface area (Å²) in [5.74, 6) is 0.646. The van der Waals surface area contributed by atoms with E-state index in [1.54, 1.807) is 11.3 Å². The third-order valence-corrected chi connectivity index (χ3v) is 4.82. The normalized spacial score (nSPS) is 16.9. The number of hydrogen-bond donors (Lipinski definition) is 0. The minimum Gasteiger partial charge on any atom is -0.299 e. The molecule has 0 saturated carbocycles. The molecule has 0 bridgehead atoms. The molecule has 20 heavy (non-hydrogen) atoms. The van der Waals surface area contributed by atoms with E-state index in [0.717, 1.165) is 25.2 Å². The summed E-state index contributed by atoms with van der Waals surface area (Å²) in [4.78, 5) is 6.93. The largest absolute Gasteiger partial charge is 0.299 e. The molecule has 2 aromatic rings. The highest BCUT2D eigenvalue weighted by Gasteiger charge is 2.22. The zero-order valence-corrected chi connectivity index (χ0v) is 12.1. The highest BCUT2D eigenvalue weighted by atomic mass is 32.1. The molecular weight excluding hydrogens is 266 g/mol. The van der Waals surface area contributed by atoms with E-state index in [0.29, 0.717) is 5.92 Å². The molecule has 3 rings (SSSR count). The average Bonchev–Trinajstić information content (AvgIpc) is 3.03. The van der Waals surface area contributed by atoms with Crippen LogP contribution in [0.5, 0.6) is 0 Å². The molecule has 1 aliphatic heterocycles. The van der Waals surface area contributed by atoms with Crippen molar-refractivity contribution in [2.45, 2.75) is 25.3 Å². The lowest BCUT2D eigenvalue weighted by molar-refractivity contribution is 0.204. The predicted octanol–water partition coefficient (Wildman–Crippen LogP) is 3.39. The number of nitrogens with zero attached hydrogens (tertiary/aromatic N) is 3. The van der Waals surface area contributed by atoms with Gasteiger partial charge in [0, 0.05) is 24.0 Å². The summed E-state index contributed by atoms with van der Waals surface area (Å²) in [6.07, 6.45) is 4.30. The van der Waals surface area contributed by atoms with Crippen LogP contribution >= 0.6 is 11.3 Å². The number of piperidine rings is 1. The van der Waals surface area contributed by atoms with E-state index >= 15 is 0 Å². The number of aromatic nitrogens is 1. The number of hydrogen-bond acceptors (Lipinski definition) is 4. The molecule has 1 aliphatic rings. The fourth-order valence-electron chi connectivity index (χ4n) is 2.72. The van der Waals surface area contributed by atoms with Crippen LogP contribution in [0.2, 0.25) is 0 Å². The number of nitriles is 1. The molecule has 0 atom stereocenters. The maximum absolute atomic E-state index is 8.80. The van der Waals surface area contributed by atoms with Crippen LogP contribution in [0.15, 0.2) is 35.8 Å². The summed E-state index contributed by atoms with van der Waals surface area (Å²) < 4.78 is 0. The first-order chi connectivity index (χ1) is 9.85. The number of benzene rings is 1. The van der Waals surface area contributed by atoms with Gasteiger partial charge < -0.3 is 0 Å². The van der Waals surface area contributed by atoms with Crippen LogP contribution in [0, 0.1) is 11.3 Å². The van der Waals surface area contributed by atoms with Gasteiger partial charge in [-0.15, -0.1) is 11.3 Å². The molecule has 3 nitrogen and oxygen atoms in total. The fourth-order valence-corrected chi connectivity index (χ4v) is 3.53. The fraction of sp³-hybridized carbons (Fsp3) is 0.375. The smallest absolute Gasteiger partial charge is 0.0991 e. The van der Waals surface area contributed by atoms with Gasteiger partial charge in [0.2, 0.25) is 0 Å². The molecule has 0 spiro atoms. The van der Waals surface area contributed by atoms with Crippen molar-refractivity contribution < 1.29 is 0 Å². The quantitative estimate of drug-likeness (QED) is 0.867. The van der Waals surface area contributed by atoms with Gasteiger partial charge >= 0.3 is 0 Å². The Hall–Kier alpha value is -1.70. The standard InChI is InChI=1S/C16H17N3S/c17-11-13-1-3-14(4-2-13)12-19-8-5-15(6-9-19)16-18-7-10-20-16/h1-4,7,10,15H,5-6,8-9,12H2. The van der Waals surface area contributed by atoms with E-state index in [2.05, 4.69) is 33.5 Å². The molecule has 102 valence electrons. The van der Waals surface area contributed by atoms with Crippen molar-refractivity contribution in [1.29, 1.82) is 5.26 Å². The topological polar surface area (TPSA) is 39.9 Å². The van der Waals surface area contributed by atoms with Crippen molar-refractivity contribution in [3.8, 4) is 6.07 Å². The van der Waals surface area contributed by atoms with E-state index in [4.69, 9.17) is 5.26 Å². The van der Waals surface area contributed by atoms with Crippen LogP contribution in [-0.2, 0) is 6.54 Å². The molecule has 1 fully saturated rings. The van der Waals surface area contributed by atoms with Crippen LogP contribution in [-0.4, -0.2) is 23.0 Å². The third kappa shape index (κ3) is 3.06. The van der Waals surface area contributed by atoms with Gasteiger partial charge in [0.15, 0.2) is 0 Å². The zero-order valence-electron chi connectivity index (χ0n) is 11.3. The summed E-state index contributed by atoms with van der Waals surface area (Å²) in [6, 6.07) is 10.1. The Labute approximate surface area is 123 Å². The van der Waals surface area contributed by atoms with Crippen molar-refractivity contribution in [3.63, 3.8) is 0 Å². The molecular formula is C16H17N3S. The van der Waals surface area contributed by atoms with Crippen molar-refractivity contribution >= 4 is 11.3 Å². The molecule has 1 aromatic heterocycles. The van der Waals surface area contributed by atoms with Crippen LogP contribution < -0.4 is 0 Å². The molecule has 1 saturated heterocycles. The second kappa shape index (κ2) is 6.17. The number of thiazole rings is 1. The predicted molar refractivity (Wildman–Crippen MR) is 80.5 cm³/mol. The summed E-state index contributed by atoms with van der Waals surface area (Å²) >= 11 is 1.78. The average molecular weight is 283 g/mol. The third-order valence-electron chi connectivity index (χ3n) is 3.88. The van der Waals surface area contributed by atoms with Gasteiger partial charge in [0.1, 0.15) is 0 Å². The monoisotopic (exact) mass is 283 g/mol. The second-order valence-electron chi connectivity index (χ2n) is 5.23. The van der Waals surface area contributed by atoms with Gasteiger partial charge in [0.05, 0.1) is 16.6 Å². The Morgan fingerprint density at radius 2 is 2.00 bits per heavy atom. The highest BCUT2D eigenvalue weighted by Crippen LogP contribution is 2.29. The Morgan fingerprint density at radius 1 is 1.25 bits per heavy atom. The second-order valence-corrected chi connectivity index (χ2v) is 6.16. The molecule has 2 heterocycles. The minimum absolute atomic E-state index is 0.646. The summed E-state index contributed by atoms with van der Waals surface area (Å²) in [7, 11) is 0. The number of likely N-dealkylation sites (tertiary alicyclic amines) is 1. The van der Waals surface area contributed by atoms with Gasteiger partial charge in [-0.3, -0.25) is 4.90 Å². The van der Waals surface area contributed by atoms with E-state index in [1.165, 1.54) is 23.4 Å². The van der Waals surface area contributed by atoms with Crippen LogP contribution in [0.1, 0.15) is 34.9 Å². The zero-order chi connectivity index (χ0) is 13.8. The SMILES string of the molecule is N#Cc1ccc(CN2CCC(c3nccs3)CC2)cc1. The number of rotatable bonds is 3. The van der Waals surface area contributed by atoms with Gasteiger partial charge in [-0.1, -0.05) is 12.1 Å². The van der Waals surface area contributed by atoms with E-state index in [-0.39, 0.29) is 0 Å². The van der Waals surface area contributed by atoms with E-state index in [1.807, 2.05) is 18.3 Å². The van der Waals surface area contributed by atoms with Crippen molar-refractivity contribution in [2.24, 2.45) is 0 Å². The lowest BCUT2D eigenvalue weighted by Gasteiger charge is -2.31. The first kappa shape index (κ1) is 13.3. The van der Waals surface area contributed by atoms with Crippen LogP contribution in [0.3, 0.4) is 0 Å². The Bertz CT molecular complexity index is 575.